The van der Waals surface area contributed by atoms with E-state index < -0.39 is 5.54 Å². The third-order valence-corrected chi connectivity index (χ3v) is 4.40. The van der Waals surface area contributed by atoms with Crippen LogP contribution >= 0.6 is 0 Å². The van der Waals surface area contributed by atoms with Crippen LogP contribution in [0.2, 0.25) is 0 Å². The molecule has 1 N–H and O–H groups in total. The largest absolute Gasteiger partial charge is 0.378 e. The molecule has 3 atom stereocenters. The quantitative estimate of drug-likeness (QED) is 0.829. The second kappa shape index (κ2) is 5.49. The van der Waals surface area contributed by atoms with Crippen molar-refractivity contribution in [2.24, 2.45) is 0 Å². The summed E-state index contributed by atoms with van der Waals surface area (Å²) in [6, 6.07) is -0.381. The summed E-state index contributed by atoms with van der Waals surface area (Å²) in [5.41, 5.74) is -0.750. The highest BCUT2D eigenvalue weighted by molar-refractivity contribution is 5.99. The van der Waals surface area contributed by atoms with Gasteiger partial charge in [-0.15, -0.1) is 0 Å². The van der Waals surface area contributed by atoms with Gasteiger partial charge in [0.15, 0.2) is 0 Å². The van der Waals surface area contributed by atoms with E-state index >= 15 is 0 Å². The van der Waals surface area contributed by atoms with Crippen molar-refractivity contribution in [3.8, 4) is 0 Å². The molecule has 2 saturated heterocycles. The van der Waals surface area contributed by atoms with Crippen LogP contribution in [0, 0.1) is 0 Å². The van der Waals surface area contributed by atoms with E-state index in [1.165, 1.54) is 0 Å². The Morgan fingerprint density at radius 3 is 2.79 bits per heavy atom. The highest BCUT2D eigenvalue weighted by atomic mass is 16.5. The van der Waals surface area contributed by atoms with Crippen molar-refractivity contribution >= 4 is 11.8 Å². The molecule has 2 fully saturated rings. The van der Waals surface area contributed by atoms with E-state index in [2.05, 4.69) is 5.32 Å². The minimum Gasteiger partial charge on any atom is -0.378 e. The Bertz CT molecular complexity index is 366. The Morgan fingerprint density at radius 2 is 2.21 bits per heavy atom. The molecule has 108 valence electrons. The van der Waals surface area contributed by atoms with Gasteiger partial charge < -0.3 is 15.0 Å². The number of ether oxygens (including phenoxy) is 1. The Kier molecular flexibility index (Phi) is 4.13. The van der Waals surface area contributed by atoms with E-state index in [1.807, 2.05) is 6.92 Å². The first-order valence-electron chi connectivity index (χ1n) is 7.22. The van der Waals surface area contributed by atoms with Gasteiger partial charge in [0.2, 0.25) is 11.8 Å². The minimum absolute atomic E-state index is 0.0279. The Morgan fingerprint density at radius 1 is 1.47 bits per heavy atom. The van der Waals surface area contributed by atoms with Crippen LogP contribution in [-0.4, -0.2) is 47.6 Å². The average molecular weight is 268 g/mol. The monoisotopic (exact) mass is 268 g/mol. The van der Waals surface area contributed by atoms with E-state index in [0.717, 1.165) is 25.9 Å². The number of carbonyl (C=O) groups is 2. The van der Waals surface area contributed by atoms with Gasteiger partial charge in [-0.25, -0.2) is 0 Å². The number of hydrogen-bond acceptors (Lipinski definition) is 3. The van der Waals surface area contributed by atoms with Crippen molar-refractivity contribution in [2.75, 3.05) is 13.2 Å². The summed E-state index contributed by atoms with van der Waals surface area (Å²) in [5.74, 6) is -0.0311. The lowest BCUT2D eigenvalue weighted by atomic mass is 9.92. The SMILES string of the molecule is CCC1(C)NC(=O)C(C)N(CCC2CCCO2)C1=O. The fourth-order valence-corrected chi connectivity index (χ4v) is 2.75. The summed E-state index contributed by atoms with van der Waals surface area (Å²) in [6.07, 6.45) is 3.84. The van der Waals surface area contributed by atoms with Crippen molar-refractivity contribution in [2.45, 2.75) is 64.1 Å². The fourth-order valence-electron chi connectivity index (χ4n) is 2.75. The zero-order valence-electron chi connectivity index (χ0n) is 12.1. The summed E-state index contributed by atoms with van der Waals surface area (Å²) in [4.78, 5) is 26.2. The summed E-state index contributed by atoms with van der Waals surface area (Å²) < 4.78 is 5.58. The highest BCUT2D eigenvalue weighted by Crippen LogP contribution is 2.23. The van der Waals surface area contributed by atoms with E-state index in [0.29, 0.717) is 13.0 Å². The lowest BCUT2D eigenvalue weighted by molar-refractivity contribution is -0.154. The van der Waals surface area contributed by atoms with E-state index in [-0.39, 0.29) is 24.0 Å². The van der Waals surface area contributed by atoms with Gasteiger partial charge in [0, 0.05) is 13.2 Å². The molecule has 3 unspecified atom stereocenters. The maximum atomic E-state index is 12.5. The van der Waals surface area contributed by atoms with E-state index in [9.17, 15) is 9.59 Å². The predicted molar refractivity (Wildman–Crippen MR) is 71.6 cm³/mol. The van der Waals surface area contributed by atoms with Gasteiger partial charge in [-0.1, -0.05) is 6.92 Å². The van der Waals surface area contributed by atoms with Gasteiger partial charge >= 0.3 is 0 Å². The summed E-state index contributed by atoms with van der Waals surface area (Å²) >= 11 is 0. The summed E-state index contributed by atoms with van der Waals surface area (Å²) in [5, 5.41) is 2.84. The molecule has 2 aliphatic heterocycles. The van der Waals surface area contributed by atoms with Gasteiger partial charge in [0.05, 0.1) is 6.10 Å². The van der Waals surface area contributed by atoms with Gasteiger partial charge in [-0.3, -0.25) is 9.59 Å². The minimum atomic E-state index is -0.750. The molecule has 5 heteroatoms. The number of carbonyl (C=O) groups excluding carboxylic acids is 2. The smallest absolute Gasteiger partial charge is 0.248 e. The van der Waals surface area contributed by atoms with Crippen LogP contribution in [0.15, 0.2) is 0 Å². The number of hydrogen-bond donors (Lipinski definition) is 1. The second-order valence-electron chi connectivity index (χ2n) is 5.77. The third-order valence-electron chi connectivity index (χ3n) is 4.40. The third kappa shape index (κ3) is 2.76. The van der Waals surface area contributed by atoms with E-state index in [4.69, 9.17) is 4.74 Å². The van der Waals surface area contributed by atoms with Crippen LogP contribution in [0.5, 0.6) is 0 Å². The lowest BCUT2D eigenvalue weighted by Crippen LogP contribution is -2.68. The molecular weight excluding hydrogens is 244 g/mol. The van der Waals surface area contributed by atoms with Crippen molar-refractivity contribution in [1.29, 1.82) is 0 Å². The highest BCUT2D eigenvalue weighted by Gasteiger charge is 2.45. The Labute approximate surface area is 114 Å². The van der Waals surface area contributed by atoms with Crippen molar-refractivity contribution < 1.29 is 14.3 Å². The van der Waals surface area contributed by atoms with Crippen molar-refractivity contribution in [3.05, 3.63) is 0 Å². The molecule has 0 aliphatic carbocycles. The normalized spacial score (nSPS) is 35.6. The van der Waals surface area contributed by atoms with Crippen LogP contribution in [0.25, 0.3) is 0 Å². The molecule has 2 rings (SSSR count). The molecule has 2 heterocycles. The summed E-state index contributed by atoms with van der Waals surface area (Å²) in [6.45, 7) is 6.94. The van der Waals surface area contributed by atoms with Gasteiger partial charge in [-0.2, -0.15) is 0 Å². The molecule has 19 heavy (non-hydrogen) atoms. The number of amides is 2. The molecule has 0 radical (unpaired) electrons. The maximum absolute atomic E-state index is 12.5. The van der Waals surface area contributed by atoms with Crippen molar-refractivity contribution in [1.82, 2.24) is 10.2 Å². The maximum Gasteiger partial charge on any atom is 0.248 e. The molecule has 2 aliphatic rings. The van der Waals surface area contributed by atoms with Gasteiger partial charge in [-0.05, 0) is 39.5 Å². The van der Waals surface area contributed by atoms with E-state index in [1.54, 1.807) is 18.7 Å². The molecule has 0 aromatic heterocycles. The van der Waals surface area contributed by atoms with Gasteiger partial charge in [0.25, 0.3) is 0 Å². The van der Waals surface area contributed by atoms with Crippen LogP contribution in [0.3, 0.4) is 0 Å². The van der Waals surface area contributed by atoms with Crippen LogP contribution < -0.4 is 5.32 Å². The first-order valence-corrected chi connectivity index (χ1v) is 7.22. The average Bonchev–Trinajstić information content (AvgIpc) is 2.90. The topological polar surface area (TPSA) is 58.6 Å². The molecule has 5 nitrogen and oxygen atoms in total. The Balaban J connectivity index is 2.02. The van der Waals surface area contributed by atoms with Crippen molar-refractivity contribution in [3.63, 3.8) is 0 Å². The van der Waals surface area contributed by atoms with Crippen LogP contribution in [-0.2, 0) is 14.3 Å². The zero-order chi connectivity index (χ0) is 14.0. The fraction of sp³-hybridized carbons (Fsp3) is 0.857. The molecule has 0 aromatic rings. The predicted octanol–water partition coefficient (Wildman–Crippen LogP) is 1.07. The molecule has 0 saturated carbocycles. The van der Waals surface area contributed by atoms with Gasteiger partial charge in [0.1, 0.15) is 11.6 Å². The Hall–Kier alpha value is -1.10. The second-order valence-corrected chi connectivity index (χ2v) is 5.77. The first-order chi connectivity index (χ1) is 8.98. The number of piperazine rings is 1. The molecule has 0 bridgehead atoms. The standard InChI is InChI=1S/C14H24N2O3/c1-4-14(3)13(18)16(10(2)12(17)15-14)8-7-11-6-5-9-19-11/h10-11H,4-9H2,1-3H3,(H,15,17). The number of nitrogens with one attached hydrogen (secondary N) is 1. The molecule has 2 amide bonds. The number of rotatable bonds is 4. The summed E-state index contributed by atoms with van der Waals surface area (Å²) in [7, 11) is 0. The first kappa shape index (κ1) is 14.3. The van der Waals surface area contributed by atoms with Crippen LogP contribution in [0.4, 0.5) is 0 Å². The van der Waals surface area contributed by atoms with Crippen LogP contribution in [0.1, 0.15) is 46.5 Å². The molecule has 0 aromatic carbocycles. The molecule has 0 spiro atoms. The zero-order valence-corrected chi connectivity index (χ0v) is 12.1. The molecular formula is C14H24N2O3. The lowest BCUT2D eigenvalue weighted by Gasteiger charge is -2.43. The number of nitrogens with zero attached hydrogens (tertiary/aromatic N) is 1.